The van der Waals surface area contributed by atoms with Crippen molar-refractivity contribution in [2.45, 2.75) is 0 Å². The number of hydrogen-bond acceptors (Lipinski definition) is 7. The standard InChI is InChI=1S/C25H21BrIN3O6/c1-34-21-9-7-15(12-22(21)35-2)25(33)36-20-10-8-17(26)11-16(20)13-29-30-23(31)14-28-24(32)18-5-3-4-6-19(18)27/h3-13H,14H2,1-2H3,(H,28,32)(H,30,31). The van der Waals surface area contributed by atoms with Crippen LogP contribution in [0, 0.1) is 3.57 Å². The summed E-state index contributed by atoms with van der Waals surface area (Å²) >= 11 is 5.41. The first-order valence-corrected chi connectivity index (χ1v) is 12.3. The van der Waals surface area contributed by atoms with Crippen LogP contribution in [-0.2, 0) is 4.79 Å². The van der Waals surface area contributed by atoms with Crippen molar-refractivity contribution in [3.8, 4) is 17.2 Å². The molecule has 0 heterocycles. The van der Waals surface area contributed by atoms with Crippen LogP contribution in [0.2, 0.25) is 0 Å². The van der Waals surface area contributed by atoms with Crippen molar-refractivity contribution in [2.24, 2.45) is 5.10 Å². The van der Waals surface area contributed by atoms with E-state index in [1.807, 2.05) is 28.7 Å². The maximum atomic E-state index is 12.7. The van der Waals surface area contributed by atoms with E-state index >= 15 is 0 Å². The number of benzene rings is 3. The van der Waals surface area contributed by atoms with Gasteiger partial charge in [0, 0.05) is 13.6 Å². The Kier molecular flexibility index (Phi) is 9.82. The molecule has 3 rings (SSSR count). The molecule has 0 aliphatic rings. The molecular formula is C25H21BrIN3O6. The van der Waals surface area contributed by atoms with Gasteiger partial charge in [-0.3, -0.25) is 9.59 Å². The molecule has 0 aromatic heterocycles. The van der Waals surface area contributed by atoms with Gasteiger partial charge in [0.05, 0.1) is 38.1 Å². The summed E-state index contributed by atoms with van der Waals surface area (Å²) in [5.41, 5.74) is 3.51. The Balaban J connectivity index is 1.63. The van der Waals surface area contributed by atoms with Crippen LogP contribution >= 0.6 is 38.5 Å². The number of carbonyl (C=O) groups is 3. The van der Waals surface area contributed by atoms with Gasteiger partial charge in [0.1, 0.15) is 5.75 Å². The lowest BCUT2D eigenvalue weighted by molar-refractivity contribution is -0.120. The van der Waals surface area contributed by atoms with Crippen molar-refractivity contribution in [2.75, 3.05) is 20.8 Å². The Morgan fingerprint density at radius 1 is 0.972 bits per heavy atom. The fraction of sp³-hybridized carbons (Fsp3) is 0.120. The number of rotatable bonds is 9. The van der Waals surface area contributed by atoms with Gasteiger partial charge in [-0.05, 0) is 71.1 Å². The van der Waals surface area contributed by atoms with E-state index in [9.17, 15) is 14.4 Å². The number of hydrogen-bond donors (Lipinski definition) is 2. The van der Waals surface area contributed by atoms with Crippen molar-refractivity contribution < 1.29 is 28.6 Å². The highest BCUT2D eigenvalue weighted by Crippen LogP contribution is 2.29. The van der Waals surface area contributed by atoms with Crippen molar-refractivity contribution >= 4 is 62.5 Å². The maximum absolute atomic E-state index is 12.7. The Morgan fingerprint density at radius 2 is 1.69 bits per heavy atom. The van der Waals surface area contributed by atoms with Gasteiger partial charge in [0.15, 0.2) is 11.5 Å². The van der Waals surface area contributed by atoms with Crippen LogP contribution in [0.1, 0.15) is 26.3 Å². The van der Waals surface area contributed by atoms with E-state index in [1.54, 1.807) is 48.5 Å². The SMILES string of the molecule is COc1ccc(C(=O)Oc2ccc(Br)cc2C=NNC(=O)CNC(=O)c2ccccc2I)cc1OC. The highest BCUT2D eigenvalue weighted by Gasteiger charge is 2.15. The summed E-state index contributed by atoms with van der Waals surface area (Å²) < 4.78 is 17.4. The molecule has 186 valence electrons. The molecule has 0 unspecified atom stereocenters. The molecule has 3 aromatic carbocycles. The van der Waals surface area contributed by atoms with Gasteiger partial charge in [-0.1, -0.05) is 28.1 Å². The molecule has 36 heavy (non-hydrogen) atoms. The fourth-order valence-corrected chi connectivity index (χ4v) is 3.96. The largest absolute Gasteiger partial charge is 0.493 e. The zero-order valence-corrected chi connectivity index (χ0v) is 23.0. The van der Waals surface area contributed by atoms with Gasteiger partial charge in [-0.2, -0.15) is 5.10 Å². The molecule has 0 fully saturated rings. The number of nitrogens with one attached hydrogen (secondary N) is 2. The van der Waals surface area contributed by atoms with Crippen LogP contribution in [0.15, 0.2) is 70.2 Å². The van der Waals surface area contributed by atoms with Crippen LogP contribution in [0.4, 0.5) is 0 Å². The molecule has 11 heteroatoms. The molecule has 2 amide bonds. The van der Waals surface area contributed by atoms with Crippen LogP contribution in [0.5, 0.6) is 17.2 Å². The number of methoxy groups -OCH3 is 2. The minimum atomic E-state index is -0.616. The number of halogens is 2. The lowest BCUT2D eigenvalue weighted by Crippen LogP contribution is -2.35. The average molecular weight is 666 g/mol. The van der Waals surface area contributed by atoms with Gasteiger partial charge in [-0.25, -0.2) is 10.2 Å². The topological polar surface area (TPSA) is 115 Å². The van der Waals surface area contributed by atoms with Crippen LogP contribution in [0.25, 0.3) is 0 Å². The molecule has 0 bridgehead atoms. The van der Waals surface area contributed by atoms with Gasteiger partial charge in [0.25, 0.3) is 11.8 Å². The van der Waals surface area contributed by atoms with Crippen molar-refractivity contribution in [1.29, 1.82) is 0 Å². The normalized spacial score (nSPS) is 10.6. The number of hydrazone groups is 1. The Morgan fingerprint density at radius 3 is 2.42 bits per heavy atom. The summed E-state index contributed by atoms with van der Waals surface area (Å²) in [6, 6.07) is 16.7. The molecular weight excluding hydrogens is 645 g/mol. The highest BCUT2D eigenvalue weighted by molar-refractivity contribution is 14.1. The van der Waals surface area contributed by atoms with E-state index in [0.717, 1.165) is 3.57 Å². The van der Waals surface area contributed by atoms with E-state index < -0.39 is 11.9 Å². The molecule has 0 atom stereocenters. The van der Waals surface area contributed by atoms with Crippen LogP contribution < -0.4 is 25.0 Å². The second kappa shape index (κ2) is 13.0. The average Bonchev–Trinajstić information content (AvgIpc) is 2.88. The van der Waals surface area contributed by atoms with Gasteiger partial charge in [0.2, 0.25) is 0 Å². The first-order valence-electron chi connectivity index (χ1n) is 10.4. The summed E-state index contributed by atoms with van der Waals surface area (Å²) in [5.74, 6) is -0.407. The Labute approximate surface area is 229 Å². The summed E-state index contributed by atoms with van der Waals surface area (Å²) in [6.07, 6.45) is 1.34. The minimum Gasteiger partial charge on any atom is -0.493 e. The maximum Gasteiger partial charge on any atom is 0.343 e. The van der Waals surface area contributed by atoms with E-state index in [1.165, 1.54) is 26.5 Å². The summed E-state index contributed by atoms with van der Waals surface area (Å²) in [5, 5.41) is 6.46. The van der Waals surface area contributed by atoms with Gasteiger partial charge in [-0.15, -0.1) is 0 Å². The minimum absolute atomic E-state index is 0.225. The van der Waals surface area contributed by atoms with E-state index in [-0.39, 0.29) is 23.8 Å². The van der Waals surface area contributed by atoms with E-state index in [0.29, 0.717) is 27.1 Å². The van der Waals surface area contributed by atoms with Gasteiger partial charge < -0.3 is 19.5 Å². The van der Waals surface area contributed by atoms with Crippen molar-refractivity contribution in [1.82, 2.24) is 10.7 Å². The first-order chi connectivity index (χ1) is 17.3. The molecule has 0 saturated carbocycles. The van der Waals surface area contributed by atoms with E-state index in [4.69, 9.17) is 14.2 Å². The second-order valence-electron chi connectivity index (χ2n) is 7.10. The second-order valence-corrected chi connectivity index (χ2v) is 9.17. The summed E-state index contributed by atoms with van der Waals surface area (Å²) in [4.78, 5) is 37.1. The smallest absolute Gasteiger partial charge is 0.343 e. The quantitative estimate of drug-likeness (QED) is 0.117. The number of esters is 1. The predicted molar refractivity (Wildman–Crippen MR) is 146 cm³/mol. The van der Waals surface area contributed by atoms with Crippen LogP contribution in [-0.4, -0.2) is 44.8 Å². The lowest BCUT2D eigenvalue weighted by atomic mass is 10.2. The molecule has 2 N–H and O–H groups in total. The summed E-state index contributed by atoms with van der Waals surface area (Å²) in [6.45, 7) is -0.263. The summed E-state index contributed by atoms with van der Waals surface area (Å²) in [7, 11) is 2.97. The first kappa shape index (κ1) is 27.1. The monoisotopic (exact) mass is 665 g/mol. The van der Waals surface area contributed by atoms with Crippen LogP contribution in [0.3, 0.4) is 0 Å². The van der Waals surface area contributed by atoms with Crippen molar-refractivity contribution in [3.63, 3.8) is 0 Å². The zero-order valence-electron chi connectivity index (χ0n) is 19.2. The molecule has 0 saturated heterocycles. The third kappa shape index (κ3) is 7.28. The molecule has 9 nitrogen and oxygen atoms in total. The molecule has 0 aliphatic carbocycles. The molecule has 0 radical (unpaired) electrons. The number of amides is 2. The predicted octanol–water partition coefficient (Wildman–Crippen LogP) is 4.17. The number of carbonyl (C=O) groups excluding carboxylic acids is 3. The highest BCUT2D eigenvalue weighted by atomic mass is 127. The number of nitrogens with zero attached hydrogens (tertiary/aromatic N) is 1. The third-order valence-corrected chi connectivity index (χ3v) is 6.15. The van der Waals surface area contributed by atoms with Gasteiger partial charge >= 0.3 is 5.97 Å². The Hall–Kier alpha value is -3.45. The Bertz CT molecular complexity index is 1310. The molecule has 0 spiro atoms. The lowest BCUT2D eigenvalue weighted by Gasteiger charge is -2.11. The van der Waals surface area contributed by atoms with E-state index in [2.05, 4.69) is 31.8 Å². The molecule has 0 aliphatic heterocycles. The fourth-order valence-electron chi connectivity index (χ4n) is 2.95. The zero-order chi connectivity index (χ0) is 26.1. The molecule has 3 aromatic rings. The van der Waals surface area contributed by atoms with Crippen molar-refractivity contribution in [3.05, 3.63) is 85.4 Å². The third-order valence-electron chi connectivity index (χ3n) is 4.71. The number of ether oxygens (including phenoxy) is 3.